The normalized spacial score (nSPS) is 13.1. The SMILES string of the molecule is COc1ccc(N=c2scc(-c3ccc(F)cc3)n2C(C)CCC(C)C)cc1. The zero-order valence-electron chi connectivity index (χ0n) is 16.9. The van der Waals surface area contributed by atoms with Gasteiger partial charge in [-0.1, -0.05) is 13.8 Å². The highest BCUT2D eigenvalue weighted by atomic mass is 32.1. The van der Waals surface area contributed by atoms with Crippen molar-refractivity contribution in [3.8, 4) is 17.0 Å². The summed E-state index contributed by atoms with van der Waals surface area (Å²) < 4.78 is 20.9. The van der Waals surface area contributed by atoms with Gasteiger partial charge in [-0.05, 0) is 79.8 Å². The van der Waals surface area contributed by atoms with Crippen molar-refractivity contribution in [2.45, 2.75) is 39.7 Å². The van der Waals surface area contributed by atoms with E-state index in [-0.39, 0.29) is 5.82 Å². The van der Waals surface area contributed by atoms with Crippen molar-refractivity contribution in [3.05, 3.63) is 64.5 Å². The lowest BCUT2D eigenvalue weighted by molar-refractivity contribution is 0.415. The topological polar surface area (TPSA) is 26.5 Å². The summed E-state index contributed by atoms with van der Waals surface area (Å²) >= 11 is 1.61. The molecule has 0 radical (unpaired) electrons. The van der Waals surface area contributed by atoms with Gasteiger partial charge in [-0.25, -0.2) is 9.38 Å². The van der Waals surface area contributed by atoms with Gasteiger partial charge in [0.2, 0.25) is 0 Å². The summed E-state index contributed by atoms with van der Waals surface area (Å²) in [6.45, 7) is 6.72. The van der Waals surface area contributed by atoms with E-state index in [0.717, 1.165) is 40.3 Å². The van der Waals surface area contributed by atoms with Gasteiger partial charge in [0, 0.05) is 11.4 Å². The second kappa shape index (κ2) is 9.20. The van der Waals surface area contributed by atoms with Crippen LogP contribution in [0.3, 0.4) is 0 Å². The van der Waals surface area contributed by atoms with Gasteiger partial charge in [0.1, 0.15) is 11.6 Å². The molecule has 28 heavy (non-hydrogen) atoms. The van der Waals surface area contributed by atoms with E-state index < -0.39 is 0 Å². The van der Waals surface area contributed by atoms with Crippen molar-refractivity contribution >= 4 is 17.0 Å². The first-order chi connectivity index (χ1) is 13.5. The maximum absolute atomic E-state index is 13.4. The number of ether oxygens (including phenoxy) is 1. The van der Waals surface area contributed by atoms with E-state index in [2.05, 4.69) is 30.7 Å². The molecule has 0 aliphatic rings. The van der Waals surface area contributed by atoms with Gasteiger partial charge in [-0.2, -0.15) is 0 Å². The van der Waals surface area contributed by atoms with E-state index in [1.807, 2.05) is 36.4 Å². The molecule has 1 atom stereocenters. The molecule has 1 unspecified atom stereocenters. The van der Waals surface area contributed by atoms with Gasteiger partial charge < -0.3 is 9.30 Å². The minimum Gasteiger partial charge on any atom is -0.497 e. The van der Waals surface area contributed by atoms with Gasteiger partial charge >= 0.3 is 0 Å². The largest absolute Gasteiger partial charge is 0.497 e. The smallest absolute Gasteiger partial charge is 0.190 e. The van der Waals surface area contributed by atoms with Crippen LogP contribution < -0.4 is 9.54 Å². The fourth-order valence-electron chi connectivity index (χ4n) is 3.13. The lowest BCUT2D eigenvalue weighted by atomic mass is 10.0. The van der Waals surface area contributed by atoms with Crippen LogP contribution >= 0.6 is 11.3 Å². The fraction of sp³-hybridized carbons (Fsp3) is 0.348. The quantitative estimate of drug-likeness (QED) is 0.441. The number of rotatable bonds is 7. The Morgan fingerprint density at radius 1 is 1.00 bits per heavy atom. The van der Waals surface area contributed by atoms with Crippen LogP contribution in [0, 0.1) is 11.7 Å². The third-order valence-corrected chi connectivity index (χ3v) is 5.62. The predicted molar refractivity (Wildman–Crippen MR) is 115 cm³/mol. The molecular weight excluding hydrogens is 371 g/mol. The van der Waals surface area contributed by atoms with Gasteiger partial charge in [0.25, 0.3) is 0 Å². The molecule has 0 bridgehead atoms. The van der Waals surface area contributed by atoms with Crippen LogP contribution in [0.5, 0.6) is 5.75 Å². The van der Waals surface area contributed by atoms with Gasteiger partial charge in [0.15, 0.2) is 4.80 Å². The van der Waals surface area contributed by atoms with E-state index in [0.29, 0.717) is 12.0 Å². The zero-order chi connectivity index (χ0) is 20.1. The molecule has 148 valence electrons. The summed E-state index contributed by atoms with van der Waals surface area (Å²) in [5, 5.41) is 2.11. The first-order valence-corrected chi connectivity index (χ1v) is 10.5. The second-order valence-corrected chi connectivity index (χ2v) is 8.25. The molecule has 1 aromatic heterocycles. The Bertz CT molecular complexity index is 956. The molecule has 5 heteroatoms. The number of thiazole rings is 1. The van der Waals surface area contributed by atoms with Gasteiger partial charge in [0.05, 0.1) is 18.5 Å². The third-order valence-electron chi connectivity index (χ3n) is 4.78. The maximum atomic E-state index is 13.4. The number of hydrogen-bond donors (Lipinski definition) is 0. The summed E-state index contributed by atoms with van der Waals surface area (Å²) in [7, 11) is 1.66. The molecular formula is C23H27FN2OS. The lowest BCUT2D eigenvalue weighted by Crippen LogP contribution is -2.20. The van der Waals surface area contributed by atoms with E-state index in [9.17, 15) is 4.39 Å². The third kappa shape index (κ3) is 4.90. The Morgan fingerprint density at radius 2 is 1.68 bits per heavy atom. The molecule has 0 N–H and O–H groups in total. The summed E-state index contributed by atoms with van der Waals surface area (Å²) in [5.74, 6) is 1.25. The predicted octanol–water partition coefficient (Wildman–Crippen LogP) is 6.59. The van der Waals surface area contributed by atoms with E-state index in [1.54, 1.807) is 18.4 Å². The second-order valence-electron chi connectivity index (χ2n) is 7.41. The molecule has 3 aromatic rings. The van der Waals surface area contributed by atoms with Crippen LogP contribution in [0.25, 0.3) is 11.3 Å². The highest BCUT2D eigenvalue weighted by Gasteiger charge is 2.15. The van der Waals surface area contributed by atoms with E-state index in [1.165, 1.54) is 12.1 Å². The van der Waals surface area contributed by atoms with Crippen molar-refractivity contribution < 1.29 is 9.13 Å². The Balaban J connectivity index is 2.05. The Hall–Kier alpha value is -2.40. The Morgan fingerprint density at radius 3 is 2.29 bits per heavy atom. The number of halogens is 1. The maximum Gasteiger partial charge on any atom is 0.190 e. The van der Waals surface area contributed by atoms with Gasteiger partial charge in [-0.3, -0.25) is 0 Å². The minimum atomic E-state index is -0.221. The van der Waals surface area contributed by atoms with Crippen LogP contribution in [0.15, 0.2) is 58.9 Å². The number of hydrogen-bond acceptors (Lipinski definition) is 3. The van der Waals surface area contributed by atoms with Crippen LogP contribution in [-0.4, -0.2) is 11.7 Å². The molecule has 0 amide bonds. The van der Waals surface area contributed by atoms with Crippen molar-refractivity contribution in [3.63, 3.8) is 0 Å². The number of methoxy groups -OCH3 is 1. The highest BCUT2D eigenvalue weighted by molar-refractivity contribution is 7.07. The van der Waals surface area contributed by atoms with Crippen LogP contribution in [-0.2, 0) is 0 Å². The Labute approximate surface area is 170 Å². The molecule has 1 heterocycles. The van der Waals surface area contributed by atoms with E-state index >= 15 is 0 Å². The number of nitrogens with zero attached hydrogens (tertiary/aromatic N) is 2. The standard InChI is InChI=1S/C23H27FN2OS/c1-16(2)5-6-17(3)26-22(18-7-9-19(24)10-8-18)15-28-23(26)25-20-11-13-21(27-4)14-12-20/h7-17H,5-6H2,1-4H3. The molecule has 0 spiro atoms. The highest BCUT2D eigenvalue weighted by Crippen LogP contribution is 2.27. The monoisotopic (exact) mass is 398 g/mol. The van der Waals surface area contributed by atoms with E-state index in [4.69, 9.17) is 9.73 Å². The average molecular weight is 399 g/mol. The summed E-state index contributed by atoms with van der Waals surface area (Å²) in [6, 6.07) is 14.7. The molecule has 0 fully saturated rings. The average Bonchev–Trinajstić information content (AvgIpc) is 3.11. The van der Waals surface area contributed by atoms with Crippen molar-refractivity contribution in [1.82, 2.24) is 4.57 Å². The number of aromatic nitrogens is 1. The summed E-state index contributed by atoms with van der Waals surface area (Å²) in [4.78, 5) is 5.83. The fourth-order valence-corrected chi connectivity index (χ4v) is 4.15. The molecule has 3 rings (SSSR count). The number of benzene rings is 2. The molecule has 0 aliphatic heterocycles. The van der Waals surface area contributed by atoms with Crippen LogP contribution in [0.4, 0.5) is 10.1 Å². The van der Waals surface area contributed by atoms with Crippen molar-refractivity contribution in [2.24, 2.45) is 10.9 Å². The van der Waals surface area contributed by atoms with Gasteiger partial charge in [-0.15, -0.1) is 11.3 Å². The van der Waals surface area contributed by atoms with Crippen molar-refractivity contribution in [2.75, 3.05) is 7.11 Å². The minimum absolute atomic E-state index is 0.221. The Kier molecular flexibility index (Phi) is 6.68. The summed E-state index contributed by atoms with van der Waals surface area (Å²) in [5.41, 5.74) is 2.97. The van der Waals surface area contributed by atoms with Crippen molar-refractivity contribution in [1.29, 1.82) is 0 Å². The molecule has 0 saturated heterocycles. The first kappa shape index (κ1) is 20.3. The molecule has 0 saturated carbocycles. The van der Waals surface area contributed by atoms with Crippen LogP contribution in [0.1, 0.15) is 39.7 Å². The molecule has 3 nitrogen and oxygen atoms in total. The zero-order valence-corrected chi connectivity index (χ0v) is 17.7. The summed E-state index contributed by atoms with van der Waals surface area (Å²) in [6.07, 6.45) is 2.22. The lowest BCUT2D eigenvalue weighted by Gasteiger charge is -2.18. The first-order valence-electron chi connectivity index (χ1n) is 9.62. The van der Waals surface area contributed by atoms with Crippen LogP contribution in [0.2, 0.25) is 0 Å². The molecule has 2 aromatic carbocycles. The molecule has 0 aliphatic carbocycles.